The fraction of sp³-hybridized carbons (Fsp3) is 0.320. The van der Waals surface area contributed by atoms with Crippen LogP contribution in [0, 0.1) is 0 Å². The minimum absolute atomic E-state index is 0.0107. The standard InChI is InChI=1S/C25H29N3O/c1-19(20-12-14-22(15-13-20)21-8-4-3-5-9-21)26-25(29)18-28-17-7-11-24(28)23-10-6-16-27(23)2/h3-6,8-10,12-16,19,24H,7,11,17-18H2,1-2H3,(H,26,29). The molecule has 4 nitrogen and oxygen atoms in total. The second kappa shape index (κ2) is 8.66. The Balaban J connectivity index is 1.36. The molecular weight excluding hydrogens is 358 g/mol. The predicted molar refractivity (Wildman–Crippen MR) is 117 cm³/mol. The zero-order chi connectivity index (χ0) is 20.2. The molecule has 150 valence electrons. The lowest BCUT2D eigenvalue weighted by atomic mass is 10.0. The number of rotatable bonds is 6. The summed E-state index contributed by atoms with van der Waals surface area (Å²) in [4.78, 5) is 15.0. The van der Waals surface area contributed by atoms with E-state index in [4.69, 9.17) is 0 Å². The number of aromatic nitrogens is 1. The summed E-state index contributed by atoms with van der Waals surface area (Å²) in [6, 6.07) is 23.4. The number of hydrogen-bond donors (Lipinski definition) is 1. The number of hydrogen-bond acceptors (Lipinski definition) is 2. The van der Waals surface area contributed by atoms with E-state index in [-0.39, 0.29) is 11.9 Å². The van der Waals surface area contributed by atoms with Crippen LogP contribution in [0.25, 0.3) is 11.1 Å². The van der Waals surface area contributed by atoms with E-state index < -0.39 is 0 Å². The van der Waals surface area contributed by atoms with Gasteiger partial charge >= 0.3 is 0 Å². The van der Waals surface area contributed by atoms with Gasteiger partial charge in [0.05, 0.1) is 18.6 Å². The van der Waals surface area contributed by atoms with Gasteiger partial charge in [-0.05, 0) is 55.1 Å². The van der Waals surface area contributed by atoms with Crippen molar-refractivity contribution >= 4 is 5.91 Å². The molecule has 0 bridgehead atoms. The third-order valence-electron chi connectivity index (χ3n) is 5.93. The molecule has 0 aliphatic carbocycles. The van der Waals surface area contributed by atoms with Crippen molar-refractivity contribution in [3.05, 3.63) is 84.2 Å². The summed E-state index contributed by atoms with van der Waals surface area (Å²) >= 11 is 0. The van der Waals surface area contributed by atoms with Crippen molar-refractivity contribution < 1.29 is 4.79 Å². The second-order valence-corrected chi connectivity index (χ2v) is 7.95. The third-order valence-corrected chi connectivity index (χ3v) is 5.93. The molecule has 1 aliphatic rings. The molecule has 2 heterocycles. The molecular formula is C25H29N3O. The molecule has 2 atom stereocenters. The van der Waals surface area contributed by atoms with E-state index >= 15 is 0 Å². The normalized spacial score (nSPS) is 17.9. The topological polar surface area (TPSA) is 37.3 Å². The Kier molecular flexibility index (Phi) is 5.81. The Morgan fingerprint density at radius 2 is 1.76 bits per heavy atom. The summed E-state index contributed by atoms with van der Waals surface area (Å²) < 4.78 is 2.16. The van der Waals surface area contributed by atoms with E-state index in [1.807, 2.05) is 25.1 Å². The van der Waals surface area contributed by atoms with Gasteiger partial charge in [-0.15, -0.1) is 0 Å². The van der Waals surface area contributed by atoms with Crippen LogP contribution in [0.15, 0.2) is 72.9 Å². The Morgan fingerprint density at radius 1 is 1.03 bits per heavy atom. The lowest BCUT2D eigenvalue weighted by Gasteiger charge is -2.25. The van der Waals surface area contributed by atoms with Crippen LogP contribution in [0.1, 0.15) is 43.1 Å². The molecule has 2 unspecified atom stereocenters. The third kappa shape index (κ3) is 4.43. The van der Waals surface area contributed by atoms with Crippen molar-refractivity contribution in [2.24, 2.45) is 7.05 Å². The summed E-state index contributed by atoms with van der Waals surface area (Å²) in [5, 5.41) is 3.18. The fourth-order valence-corrected chi connectivity index (χ4v) is 4.32. The smallest absolute Gasteiger partial charge is 0.234 e. The lowest BCUT2D eigenvalue weighted by Crippen LogP contribution is -2.38. The van der Waals surface area contributed by atoms with E-state index in [0.29, 0.717) is 12.6 Å². The Labute approximate surface area is 173 Å². The molecule has 1 aromatic heterocycles. The number of likely N-dealkylation sites (tertiary alicyclic amines) is 1. The summed E-state index contributed by atoms with van der Waals surface area (Å²) in [6.45, 7) is 3.47. The van der Waals surface area contributed by atoms with Gasteiger partial charge in [-0.2, -0.15) is 0 Å². The van der Waals surface area contributed by atoms with Crippen LogP contribution in [0.4, 0.5) is 0 Å². The van der Waals surface area contributed by atoms with E-state index in [2.05, 4.69) is 76.6 Å². The number of carbonyl (C=O) groups excluding carboxylic acids is 1. The maximum atomic E-state index is 12.7. The SMILES string of the molecule is CC(NC(=O)CN1CCCC1c1cccn1C)c1ccc(-c2ccccc2)cc1. The quantitative estimate of drug-likeness (QED) is 0.665. The molecule has 29 heavy (non-hydrogen) atoms. The average molecular weight is 388 g/mol. The molecule has 4 heteroatoms. The van der Waals surface area contributed by atoms with E-state index in [1.165, 1.54) is 16.8 Å². The summed E-state index contributed by atoms with van der Waals surface area (Å²) in [7, 11) is 2.08. The van der Waals surface area contributed by atoms with Crippen molar-refractivity contribution in [3.8, 4) is 11.1 Å². The zero-order valence-electron chi connectivity index (χ0n) is 17.2. The number of nitrogens with one attached hydrogen (secondary N) is 1. The molecule has 4 rings (SSSR count). The lowest BCUT2D eigenvalue weighted by molar-refractivity contribution is -0.123. The highest BCUT2D eigenvalue weighted by atomic mass is 16.2. The summed E-state index contributed by atoms with van der Waals surface area (Å²) in [5.41, 5.74) is 4.81. The van der Waals surface area contributed by atoms with Crippen LogP contribution in [-0.2, 0) is 11.8 Å². The molecule has 0 saturated carbocycles. The first kappa shape index (κ1) is 19.5. The van der Waals surface area contributed by atoms with Crippen LogP contribution in [0.2, 0.25) is 0 Å². The Bertz CT molecular complexity index is 946. The largest absolute Gasteiger partial charge is 0.353 e. The van der Waals surface area contributed by atoms with Gasteiger partial charge in [-0.3, -0.25) is 9.69 Å². The molecule has 1 saturated heterocycles. The zero-order valence-corrected chi connectivity index (χ0v) is 17.2. The number of benzene rings is 2. The van der Waals surface area contributed by atoms with Crippen molar-refractivity contribution in [1.82, 2.24) is 14.8 Å². The van der Waals surface area contributed by atoms with Gasteiger partial charge < -0.3 is 9.88 Å². The van der Waals surface area contributed by atoms with Crippen molar-refractivity contribution in [2.75, 3.05) is 13.1 Å². The van der Waals surface area contributed by atoms with Crippen LogP contribution in [0.3, 0.4) is 0 Å². The van der Waals surface area contributed by atoms with Gasteiger partial charge in [0, 0.05) is 18.9 Å². The van der Waals surface area contributed by atoms with Crippen LogP contribution >= 0.6 is 0 Å². The number of carbonyl (C=O) groups is 1. The highest BCUT2D eigenvalue weighted by Gasteiger charge is 2.29. The first-order valence-electron chi connectivity index (χ1n) is 10.4. The van der Waals surface area contributed by atoms with Gasteiger partial charge in [0.25, 0.3) is 0 Å². The second-order valence-electron chi connectivity index (χ2n) is 7.95. The fourth-order valence-electron chi connectivity index (χ4n) is 4.32. The van der Waals surface area contributed by atoms with E-state index in [9.17, 15) is 4.79 Å². The molecule has 1 amide bonds. The first-order valence-corrected chi connectivity index (χ1v) is 10.4. The van der Waals surface area contributed by atoms with Gasteiger partial charge in [0.15, 0.2) is 0 Å². The highest BCUT2D eigenvalue weighted by molar-refractivity contribution is 5.78. The van der Waals surface area contributed by atoms with E-state index in [1.54, 1.807) is 0 Å². The van der Waals surface area contributed by atoms with E-state index in [0.717, 1.165) is 24.9 Å². The number of aryl methyl sites for hydroxylation is 1. The molecule has 0 spiro atoms. The van der Waals surface area contributed by atoms with Crippen molar-refractivity contribution in [2.45, 2.75) is 31.8 Å². The van der Waals surface area contributed by atoms with Gasteiger partial charge in [0.2, 0.25) is 5.91 Å². The van der Waals surface area contributed by atoms with Crippen molar-refractivity contribution in [1.29, 1.82) is 0 Å². The first-order chi connectivity index (χ1) is 14.1. The molecule has 0 radical (unpaired) electrons. The monoisotopic (exact) mass is 387 g/mol. The molecule has 1 N–H and O–H groups in total. The Morgan fingerprint density at radius 3 is 2.45 bits per heavy atom. The maximum Gasteiger partial charge on any atom is 0.234 e. The van der Waals surface area contributed by atoms with Crippen LogP contribution < -0.4 is 5.32 Å². The van der Waals surface area contributed by atoms with Gasteiger partial charge in [-0.1, -0.05) is 54.6 Å². The van der Waals surface area contributed by atoms with Crippen LogP contribution in [0.5, 0.6) is 0 Å². The van der Waals surface area contributed by atoms with Gasteiger partial charge in [0.1, 0.15) is 0 Å². The minimum atomic E-state index is -0.0107. The summed E-state index contributed by atoms with van der Waals surface area (Å²) in [5.74, 6) is 0.0887. The summed E-state index contributed by atoms with van der Waals surface area (Å²) in [6.07, 6.45) is 4.33. The Hall–Kier alpha value is -2.85. The number of amides is 1. The minimum Gasteiger partial charge on any atom is -0.353 e. The van der Waals surface area contributed by atoms with Crippen LogP contribution in [-0.4, -0.2) is 28.5 Å². The van der Waals surface area contributed by atoms with Gasteiger partial charge in [-0.25, -0.2) is 0 Å². The van der Waals surface area contributed by atoms with Crippen molar-refractivity contribution in [3.63, 3.8) is 0 Å². The molecule has 1 aliphatic heterocycles. The average Bonchev–Trinajstić information content (AvgIpc) is 3.37. The highest BCUT2D eigenvalue weighted by Crippen LogP contribution is 2.31. The molecule has 1 fully saturated rings. The number of nitrogens with zero attached hydrogens (tertiary/aromatic N) is 2. The predicted octanol–water partition coefficient (Wildman–Crippen LogP) is 4.71. The molecule has 3 aromatic rings. The molecule has 2 aromatic carbocycles. The maximum absolute atomic E-state index is 12.7.